The van der Waals surface area contributed by atoms with Crippen LogP contribution in [0.3, 0.4) is 0 Å². The number of para-hydroxylation sites is 1. The molecule has 7 heteroatoms. The molecule has 3 aromatic rings. The Balaban J connectivity index is 1.27. The first-order valence-corrected chi connectivity index (χ1v) is 14.3. The zero-order valence-electron chi connectivity index (χ0n) is 23.5. The van der Waals surface area contributed by atoms with Gasteiger partial charge in [0.25, 0.3) is 0 Å². The second-order valence-corrected chi connectivity index (χ2v) is 11.7. The number of hydrogen-bond donors (Lipinski definition) is 2. The molecule has 7 nitrogen and oxygen atoms in total. The van der Waals surface area contributed by atoms with Crippen LogP contribution in [0.4, 0.5) is 0 Å². The number of nitrogens with zero attached hydrogens (tertiary/aromatic N) is 2. The molecule has 1 aromatic heterocycles. The summed E-state index contributed by atoms with van der Waals surface area (Å²) in [6.45, 7) is 7.47. The van der Waals surface area contributed by atoms with E-state index in [2.05, 4.69) is 50.6 Å². The Bertz CT molecular complexity index is 1280. The number of aryl methyl sites for hydroxylation is 1. The smallest absolute Gasteiger partial charge is 0.230 e. The predicted molar refractivity (Wildman–Crippen MR) is 154 cm³/mol. The van der Waals surface area contributed by atoms with Crippen molar-refractivity contribution in [2.24, 2.45) is 5.92 Å². The average molecular weight is 531 g/mol. The average Bonchev–Trinajstić information content (AvgIpc) is 3.74. The zero-order valence-corrected chi connectivity index (χ0v) is 23.5. The van der Waals surface area contributed by atoms with E-state index in [1.54, 1.807) is 7.11 Å². The lowest BCUT2D eigenvalue weighted by atomic mass is 9.83. The van der Waals surface area contributed by atoms with Crippen LogP contribution in [0.1, 0.15) is 50.7 Å². The van der Waals surface area contributed by atoms with E-state index in [1.165, 1.54) is 16.5 Å². The molecule has 2 amide bonds. The number of carbonyl (C=O) groups excluding carboxylic acids is 2. The van der Waals surface area contributed by atoms with E-state index < -0.39 is 5.41 Å². The molecule has 0 bridgehead atoms. The highest BCUT2D eigenvalue weighted by atomic mass is 16.5. The van der Waals surface area contributed by atoms with E-state index in [4.69, 9.17) is 4.74 Å². The number of rotatable bonds is 11. The van der Waals surface area contributed by atoms with Crippen LogP contribution in [0.5, 0.6) is 0 Å². The number of aromatic nitrogens is 1. The van der Waals surface area contributed by atoms with Gasteiger partial charge in [0.05, 0.1) is 11.3 Å². The summed E-state index contributed by atoms with van der Waals surface area (Å²) >= 11 is 0. The first-order valence-electron chi connectivity index (χ1n) is 14.3. The molecular formula is C32H42N4O3. The SMILES string of the molecule is COCCCn1cc(CN(C(=O)[C@@H]2CNC[C@H](NC(=O)C(C)(C)c3ccccc3)C2)C2CC2)c2ccccc21. The van der Waals surface area contributed by atoms with Gasteiger partial charge in [-0.3, -0.25) is 9.59 Å². The minimum absolute atomic E-state index is 0.00562. The summed E-state index contributed by atoms with van der Waals surface area (Å²) in [7, 11) is 1.73. The molecule has 208 valence electrons. The molecule has 2 heterocycles. The highest BCUT2D eigenvalue weighted by Gasteiger charge is 2.39. The first-order chi connectivity index (χ1) is 18.9. The zero-order chi connectivity index (χ0) is 27.4. The molecule has 1 aliphatic heterocycles. The van der Waals surface area contributed by atoms with Crippen LogP contribution in [0, 0.1) is 5.92 Å². The lowest BCUT2D eigenvalue weighted by Gasteiger charge is -2.35. The fraction of sp³-hybridized carbons (Fsp3) is 0.500. The summed E-state index contributed by atoms with van der Waals surface area (Å²) in [6, 6.07) is 18.6. The minimum atomic E-state index is -0.643. The maximum atomic E-state index is 13.9. The fourth-order valence-corrected chi connectivity index (χ4v) is 5.80. The van der Waals surface area contributed by atoms with Crippen LogP contribution >= 0.6 is 0 Å². The number of amides is 2. The topological polar surface area (TPSA) is 75.6 Å². The quantitative estimate of drug-likeness (QED) is 0.364. The van der Waals surface area contributed by atoms with Crippen molar-refractivity contribution in [2.75, 3.05) is 26.8 Å². The van der Waals surface area contributed by atoms with Gasteiger partial charge < -0.3 is 24.8 Å². The fourth-order valence-electron chi connectivity index (χ4n) is 5.80. The van der Waals surface area contributed by atoms with E-state index >= 15 is 0 Å². The maximum Gasteiger partial charge on any atom is 0.230 e. The molecule has 1 saturated heterocycles. The molecule has 2 aliphatic rings. The summed E-state index contributed by atoms with van der Waals surface area (Å²) in [5, 5.41) is 7.88. The number of carbonyl (C=O) groups is 2. The molecule has 2 fully saturated rings. The molecule has 5 rings (SSSR count). The molecule has 0 unspecified atom stereocenters. The van der Waals surface area contributed by atoms with Gasteiger partial charge in [-0.05, 0) is 56.7 Å². The van der Waals surface area contributed by atoms with Crippen molar-refractivity contribution in [1.82, 2.24) is 20.1 Å². The third-order valence-corrected chi connectivity index (χ3v) is 8.33. The predicted octanol–water partition coefficient (Wildman–Crippen LogP) is 4.24. The number of fused-ring (bicyclic) bond motifs is 1. The summed E-state index contributed by atoms with van der Waals surface area (Å²) in [4.78, 5) is 29.3. The highest BCUT2D eigenvalue weighted by Crippen LogP contribution is 2.33. The van der Waals surface area contributed by atoms with Gasteiger partial charge in [0.1, 0.15) is 0 Å². The molecule has 2 aromatic carbocycles. The Morgan fingerprint density at radius 3 is 2.56 bits per heavy atom. The molecular weight excluding hydrogens is 488 g/mol. The first kappa shape index (κ1) is 27.4. The second-order valence-electron chi connectivity index (χ2n) is 11.7. The normalized spacial score (nSPS) is 19.7. The summed E-state index contributed by atoms with van der Waals surface area (Å²) in [5.74, 6) is 0.0379. The Hall–Kier alpha value is -3.16. The van der Waals surface area contributed by atoms with Gasteiger partial charge in [-0.15, -0.1) is 0 Å². The van der Waals surface area contributed by atoms with E-state index in [9.17, 15) is 9.59 Å². The van der Waals surface area contributed by atoms with Gasteiger partial charge >= 0.3 is 0 Å². The molecule has 2 N–H and O–H groups in total. The lowest BCUT2D eigenvalue weighted by Crippen LogP contribution is -2.55. The third kappa shape index (κ3) is 6.20. The van der Waals surface area contributed by atoms with Crippen molar-refractivity contribution < 1.29 is 14.3 Å². The maximum absolute atomic E-state index is 13.9. The van der Waals surface area contributed by atoms with Crippen molar-refractivity contribution in [3.8, 4) is 0 Å². The van der Waals surface area contributed by atoms with E-state index in [0.717, 1.165) is 38.0 Å². The van der Waals surface area contributed by atoms with Crippen LogP contribution in [0.15, 0.2) is 60.8 Å². The third-order valence-electron chi connectivity index (χ3n) is 8.33. The number of hydrogen-bond acceptors (Lipinski definition) is 4. The molecule has 39 heavy (non-hydrogen) atoms. The standard InChI is InChI=1S/C32H42N4O3/c1-32(2,25-10-5-4-6-11-25)31(38)34-26-18-23(19-33-20-26)30(37)36(27-14-15-27)22-24-21-35(16-9-17-39-3)29-13-8-7-12-28(24)29/h4-8,10-13,21,23,26-27,33H,9,14-20,22H2,1-3H3,(H,34,38)/t23-,26+/m0/s1. The lowest BCUT2D eigenvalue weighted by molar-refractivity contribution is -0.138. The summed E-state index contributed by atoms with van der Waals surface area (Å²) in [5.41, 5.74) is 2.74. The van der Waals surface area contributed by atoms with Crippen LogP contribution in [0.25, 0.3) is 10.9 Å². The van der Waals surface area contributed by atoms with E-state index in [0.29, 0.717) is 32.1 Å². The monoisotopic (exact) mass is 530 g/mol. The number of piperidine rings is 1. The minimum Gasteiger partial charge on any atom is -0.385 e. The van der Waals surface area contributed by atoms with Crippen molar-refractivity contribution in [1.29, 1.82) is 0 Å². The van der Waals surface area contributed by atoms with Crippen molar-refractivity contribution in [2.45, 2.75) is 70.1 Å². The number of benzene rings is 2. The molecule has 1 aliphatic carbocycles. The largest absolute Gasteiger partial charge is 0.385 e. The van der Waals surface area contributed by atoms with E-state index in [-0.39, 0.29) is 23.8 Å². The van der Waals surface area contributed by atoms with Crippen LogP contribution in [-0.2, 0) is 32.8 Å². The highest BCUT2D eigenvalue weighted by molar-refractivity contribution is 5.88. The van der Waals surface area contributed by atoms with Crippen LogP contribution < -0.4 is 10.6 Å². The van der Waals surface area contributed by atoms with Crippen LogP contribution in [0.2, 0.25) is 0 Å². The van der Waals surface area contributed by atoms with Crippen molar-refractivity contribution >= 4 is 22.7 Å². The summed E-state index contributed by atoms with van der Waals surface area (Å²) < 4.78 is 7.55. The Morgan fingerprint density at radius 2 is 1.82 bits per heavy atom. The van der Waals surface area contributed by atoms with Gasteiger partial charge in [0.15, 0.2) is 0 Å². The Morgan fingerprint density at radius 1 is 1.08 bits per heavy atom. The van der Waals surface area contributed by atoms with Gasteiger partial charge in [-0.25, -0.2) is 0 Å². The summed E-state index contributed by atoms with van der Waals surface area (Å²) in [6.07, 6.45) is 5.94. The van der Waals surface area contributed by atoms with Crippen molar-refractivity contribution in [3.63, 3.8) is 0 Å². The van der Waals surface area contributed by atoms with E-state index in [1.807, 2.05) is 44.2 Å². The van der Waals surface area contributed by atoms with Gasteiger partial charge in [0.2, 0.25) is 11.8 Å². The molecule has 2 atom stereocenters. The number of nitrogens with one attached hydrogen (secondary N) is 2. The van der Waals surface area contributed by atoms with Gasteiger partial charge in [-0.2, -0.15) is 0 Å². The van der Waals surface area contributed by atoms with Crippen molar-refractivity contribution in [3.05, 3.63) is 71.9 Å². The molecule has 0 radical (unpaired) electrons. The Labute approximate surface area is 231 Å². The second kappa shape index (κ2) is 11.9. The van der Waals surface area contributed by atoms with Gasteiger partial charge in [0, 0.05) is 69.1 Å². The number of methoxy groups -OCH3 is 1. The number of ether oxygens (including phenoxy) is 1. The van der Waals surface area contributed by atoms with Gasteiger partial charge in [-0.1, -0.05) is 48.5 Å². The molecule has 1 saturated carbocycles. The van der Waals surface area contributed by atoms with Crippen LogP contribution in [-0.4, -0.2) is 60.2 Å². The molecule has 0 spiro atoms. The Kier molecular flexibility index (Phi) is 8.38.